The summed E-state index contributed by atoms with van der Waals surface area (Å²) in [5, 5.41) is 0. The fourth-order valence-corrected chi connectivity index (χ4v) is 1.51. The van der Waals surface area contributed by atoms with Crippen molar-refractivity contribution < 1.29 is 0 Å². The summed E-state index contributed by atoms with van der Waals surface area (Å²) in [6, 6.07) is 5.98. The maximum Gasteiger partial charge on any atom is 0.266 e. The third-order valence-corrected chi connectivity index (χ3v) is 2.44. The second-order valence-electron chi connectivity index (χ2n) is 4.73. The maximum atomic E-state index is 11.1. The van der Waals surface area contributed by atoms with Gasteiger partial charge in [0.25, 0.3) is 5.56 Å². The first-order valence-corrected chi connectivity index (χ1v) is 4.96. The standard InChI is InChI=1S/C12H14N2O/c1-12(2,3)8-4-5-9-10(6-8)14-11(15)7-13-9/h4-7H,1-3H3,(H,14,15). The van der Waals surface area contributed by atoms with Crippen molar-refractivity contribution in [3.05, 3.63) is 40.3 Å². The highest BCUT2D eigenvalue weighted by Gasteiger charge is 2.13. The summed E-state index contributed by atoms with van der Waals surface area (Å²) in [5.74, 6) is 0. The molecule has 0 aliphatic rings. The molecule has 2 aromatic rings. The number of H-pyrrole nitrogens is 1. The maximum absolute atomic E-state index is 11.1. The molecule has 0 unspecified atom stereocenters. The van der Waals surface area contributed by atoms with Gasteiger partial charge in [-0.25, -0.2) is 4.98 Å². The molecule has 1 N–H and O–H groups in total. The zero-order chi connectivity index (χ0) is 11.1. The quantitative estimate of drug-likeness (QED) is 0.712. The van der Waals surface area contributed by atoms with Gasteiger partial charge in [-0.2, -0.15) is 0 Å². The SMILES string of the molecule is CC(C)(C)c1ccc2ncc(=O)[nH]c2c1. The van der Waals surface area contributed by atoms with E-state index in [0.717, 1.165) is 11.0 Å². The normalized spacial score (nSPS) is 11.9. The van der Waals surface area contributed by atoms with Gasteiger partial charge in [-0.15, -0.1) is 0 Å². The van der Waals surface area contributed by atoms with Crippen LogP contribution in [0.3, 0.4) is 0 Å². The lowest BCUT2D eigenvalue weighted by Gasteiger charge is -2.18. The Morgan fingerprint density at radius 3 is 2.67 bits per heavy atom. The molecule has 0 saturated carbocycles. The largest absolute Gasteiger partial charge is 0.319 e. The van der Waals surface area contributed by atoms with Gasteiger partial charge in [0.1, 0.15) is 0 Å². The Bertz CT molecular complexity index is 549. The predicted molar refractivity (Wildman–Crippen MR) is 61.1 cm³/mol. The van der Waals surface area contributed by atoms with E-state index in [2.05, 4.69) is 30.7 Å². The van der Waals surface area contributed by atoms with E-state index >= 15 is 0 Å². The van der Waals surface area contributed by atoms with Crippen molar-refractivity contribution in [3.63, 3.8) is 0 Å². The smallest absolute Gasteiger partial charge is 0.266 e. The fraction of sp³-hybridized carbons (Fsp3) is 0.333. The number of fused-ring (bicyclic) bond motifs is 1. The van der Waals surface area contributed by atoms with Crippen molar-refractivity contribution >= 4 is 11.0 Å². The van der Waals surface area contributed by atoms with E-state index in [1.54, 1.807) is 0 Å². The summed E-state index contributed by atoms with van der Waals surface area (Å²) in [4.78, 5) is 18.0. The zero-order valence-electron chi connectivity index (χ0n) is 9.16. The van der Waals surface area contributed by atoms with Crippen molar-refractivity contribution in [3.8, 4) is 0 Å². The van der Waals surface area contributed by atoms with Crippen molar-refractivity contribution in [2.45, 2.75) is 26.2 Å². The van der Waals surface area contributed by atoms with E-state index in [9.17, 15) is 4.79 Å². The van der Waals surface area contributed by atoms with E-state index in [0.29, 0.717) is 0 Å². The Labute approximate surface area is 88.2 Å². The van der Waals surface area contributed by atoms with Crippen LogP contribution in [0.1, 0.15) is 26.3 Å². The first-order valence-electron chi connectivity index (χ1n) is 4.96. The number of benzene rings is 1. The minimum Gasteiger partial charge on any atom is -0.319 e. The van der Waals surface area contributed by atoms with Gasteiger partial charge >= 0.3 is 0 Å². The van der Waals surface area contributed by atoms with Gasteiger partial charge < -0.3 is 4.98 Å². The minimum atomic E-state index is -0.159. The van der Waals surface area contributed by atoms with Crippen LogP contribution >= 0.6 is 0 Å². The molecule has 0 radical (unpaired) electrons. The van der Waals surface area contributed by atoms with Crippen LogP contribution in [-0.2, 0) is 5.41 Å². The van der Waals surface area contributed by atoms with E-state index in [1.807, 2.05) is 18.2 Å². The van der Waals surface area contributed by atoms with Crippen LogP contribution in [0, 0.1) is 0 Å². The first-order chi connectivity index (χ1) is 6.97. The molecule has 0 fully saturated rings. The van der Waals surface area contributed by atoms with Crippen molar-refractivity contribution in [2.24, 2.45) is 0 Å². The monoisotopic (exact) mass is 202 g/mol. The van der Waals surface area contributed by atoms with Gasteiger partial charge in [0.2, 0.25) is 0 Å². The van der Waals surface area contributed by atoms with Crippen molar-refractivity contribution in [1.82, 2.24) is 9.97 Å². The Balaban J connectivity index is 2.70. The zero-order valence-corrected chi connectivity index (χ0v) is 9.16. The molecule has 0 amide bonds. The third kappa shape index (κ3) is 1.91. The summed E-state index contributed by atoms with van der Waals surface area (Å²) in [6.07, 6.45) is 1.30. The van der Waals surface area contributed by atoms with Crippen molar-refractivity contribution in [1.29, 1.82) is 0 Å². The van der Waals surface area contributed by atoms with Crippen molar-refractivity contribution in [2.75, 3.05) is 0 Å². The molecule has 0 saturated heterocycles. The van der Waals surface area contributed by atoms with E-state index in [1.165, 1.54) is 11.8 Å². The molecule has 0 aliphatic heterocycles. The molecule has 1 heterocycles. The molecule has 3 nitrogen and oxygen atoms in total. The van der Waals surface area contributed by atoms with Gasteiger partial charge in [0, 0.05) is 0 Å². The van der Waals surface area contributed by atoms with Crippen LogP contribution in [0.2, 0.25) is 0 Å². The molecular weight excluding hydrogens is 188 g/mol. The van der Waals surface area contributed by atoms with Gasteiger partial charge in [-0.1, -0.05) is 26.8 Å². The average molecular weight is 202 g/mol. The number of nitrogens with zero attached hydrogens (tertiary/aromatic N) is 1. The summed E-state index contributed by atoms with van der Waals surface area (Å²) in [5.41, 5.74) is 2.74. The molecule has 1 aromatic carbocycles. The lowest BCUT2D eigenvalue weighted by molar-refractivity contribution is 0.591. The highest BCUT2D eigenvalue weighted by molar-refractivity contribution is 5.74. The second-order valence-corrected chi connectivity index (χ2v) is 4.73. The molecule has 0 aliphatic carbocycles. The van der Waals surface area contributed by atoms with E-state index < -0.39 is 0 Å². The van der Waals surface area contributed by atoms with E-state index in [4.69, 9.17) is 0 Å². The lowest BCUT2D eigenvalue weighted by atomic mass is 9.87. The Kier molecular flexibility index (Phi) is 2.11. The number of aromatic nitrogens is 2. The number of rotatable bonds is 0. The predicted octanol–water partition coefficient (Wildman–Crippen LogP) is 2.22. The fourth-order valence-electron chi connectivity index (χ4n) is 1.51. The van der Waals surface area contributed by atoms with Crippen LogP contribution in [0.25, 0.3) is 11.0 Å². The molecule has 15 heavy (non-hydrogen) atoms. The molecule has 0 bridgehead atoms. The number of nitrogens with one attached hydrogen (secondary N) is 1. The molecule has 2 rings (SSSR count). The van der Waals surface area contributed by atoms with Gasteiger partial charge in [-0.05, 0) is 23.1 Å². The van der Waals surface area contributed by atoms with Crippen LogP contribution in [0.15, 0.2) is 29.2 Å². The van der Waals surface area contributed by atoms with E-state index in [-0.39, 0.29) is 11.0 Å². The molecule has 0 spiro atoms. The molecule has 1 aromatic heterocycles. The third-order valence-electron chi connectivity index (χ3n) is 2.44. The highest BCUT2D eigenvalue weighted by Crippen LogP contribution is 2.23. The molecule has 0 atom stereocenters. The average Bonchev–Trinajstić information content (AvgIpc) is 2.15. The Morgan fingerprint density at radius 1 is 1.27 bits per heavy atom. The lowest BCUT2D eigenvalue weighted by Crippen LogP contribution is -2.12. The second kappa shape index (κ2) is 3.19. The topological polar surface area (TPSA) is 45.8 Å². The van der Waals surface area contributed by atoms with Gasteiger partial charge in [0.05, 0.1) is 17.2 Å². The minimum absolute atomic E-state index is 0.0842. The number of hydrogen-bond acceptors (Lipinski definition) is 2. The first kappa shape index (κ1) is 9.90. The van der Waals surface area contributed by atoms with Crippen LogP contribution < -0.4 is 5.56 Å². The Hall–Kier alpha value is -1.64. The summed E-state index contributed by atoms with van der Waals surface area (Å²) in [7, 11) is 0. The highest BCUT2D eigenvalue weighted by atomic mass is 16.1. The van der Waals surface area contributed by atoms with Crippen LogP contribution in [0.5, 0.6) is 0 Å². The molecular formula is C12H14N2O. The summed E-state index contributed by atoms with van der Waals surface area (Å²) >= 11 is 0. The van der Waals surface area contributed by atoms with Crippen LogP contribution in [0.4, 0.5) is 0 Å². The number of hydrogen-bond donors (Lipinski definition) is 1. The number of aromatic amines is 1. The van der Waals surface area contributed by atoms with Crippen LogP contribution in [-0.4, -0.2) is 9.97 Å². The Morgan fingerprint density at radius 2 is 2.00 bits per heavy atom. The molecule has 78 valence electrons. The van der Waals surface area contributed by atoms with Gasteiger partial charge in [-0.3, -0.25) is 4.79 Å². The summed E-state index contributed by atoms with van der Waals surface area (Å²) in [6.45, 7) is 6.42. The molecule has 3 heteroatoms. The summed E-state index contributed by atoms with van der Waals surface area (Å²) < 4.78 is 0. The van der Waals surface area contributed by atoms with Gasteiger partial charge in [0.15, 0.2) is 0 Å².